The topological polar surface area (TPSA) is 37.3 Å². The first-order chi connectivity index (χ1) is 7.88. The van der Waals surface area contributed by atoms with Gasteiger partial charge in [-0.1, -0.05) is 45.0 Å². The number of allylic oxidation sites excluding steroid dienone is 1. The minimum Gasteiger partial charge on any atom is -0.478 e. The average Bonchev–Trinajstić information content (AvgIpc) is 2.26. The van der Waals surface area contributed by atoms with Crippen LogP contribution in [0.4, 0.5) is 0 Å². The van der Waals surface area contributed by atoms with Crippen molar-refractivity contribution in [2.75, 3.05) is 0 Å². The van der Waals surface area contributed by atoms with Gasteiger partial charge < -0.3 is 5.11 Å². The summed E-state index contributed by atoms with van der Waals surface area (Å²) in [4.78, 5) is 11.0. The van der Waals surface area contributed by atoms with Crippen molar-refractivity contribution >= 4 is 5.97 Å². The molecule has 17 heavy (non-hydrogen) atoms. The highest BCUT2D eigenvalue weighted by atomic mass is 16.4. The maximum atomic E-state index is 11.0. The lowest BCUT2D eigenvalue weighted by Crippen LogP contribution is -2.15. The number of rotatable bonds is 1. The number of fused-ring (bicyclic) bond motifs is 1. The predicted molar refractivity (Wildman–Crippen MR) is 68.3 cm³/mol. The van der Waals surface area contributed by atoms with Crippen LogP contribution in [0.15, 0.2) is 29.8 Å². The highest BCUT2D eigenvalue weighted by Gasteiger charge is 2.19. The molecule has 1 aromatic rings. The first-order valence-corrected chi connectivity index (χ1v) is 5.92. The molecule has 90 valence electrons. The van der Waals surface area contributed by atoms with Crippen LogP contribution in [0.25, 0.3) is 0 Å². The first-order valence-electron chi connectivity index (χ1n) is 5.92. The molecule has 2 nitrogen and oxygen atoms in total. The van der Waals surface area contributed by atoms with Crippen LogP contribution in [0.2, 0.25) is 0 Å². The van der Waals surface area contributed by atoms with Gasteiger partial charge in [-0.15, -0.1) is 0 Å². The zero-order valence-corrected chi connectivity index (χ0v) is 10.6. The van der Waals surface area contributed by atoms with E-state index in [1.54, 1.807) is 0 Å². The fourth-order valence-electron chi connectivity index (χ4n) is 2.13. The predicted octanol–water partition coefficient (Wildman–Crippen LogP) is 3.09. The van der Waals surface area contributed by atoms with Crippen molar-refractivity contribution in [1.29, 1.82) is 0 Å². The summed E-state index contributed by atoms with van der Waals surface area (Å²) in [6.07, 6.45) is 3.11. The van der Waals surface area contributed by atoms with Gasteiger partial charge in [0, 0.05) is 12.0 Å². The largest absolute Gasteiger partial charge is 0.478 e. The number of hydrogen-bond donors (Lipinski definition) is 1. The number of hydrogen-bond acceptors (Lipinski definition) is 1. The average molecular weight is 230 g/mol. The highest BCUT2D eigenvalue weighted by Crippen LogP contribution is 2.28. The van der Waals surface area contributed by atoms with Gasteiger partial charge >= 0.3 is 5.97 Å². The standard InChI is InChI=1S/C15H18O2/c1-15(2,3)13-7-6-10-4-5-11(14(16)17)8-12(10)9-13/h5-7,9H,4,8H2,1-3H3,(H,16,17). The lowest BCUT2D eigenvalue weighted by molar-refractivity contribution is -0.132. The van der Waals surface area contributed by atoms with E-state index >= 15 is 0 Å². The van der Waals surface area contributed by atoms with E-state index in [1.807, 2.05) is 6.08 Å². The number of carbonyl (C=O) groups is 1. The Morgan fingerprint density at radius 3 is 2.53 bits per heavy atom. The van der Waals surface area contributed by atoms with Crippen LogP contribution in [0.5, 0.6) is 0 Å². The SMILES string of the molecule is CC(C)(C)c1ccc2c(c1)CC(C(=O)O)=CC2. The van der Waals surface area contributed by atoms with E-state index in [-0.39, 0.29) is 5.41 Å². The van der Waals surface area contributed by atoms with E-state index in [4.69, 9.17) is 5.11 Å². The summed E-state index contributed by atoms with van der Waals surface area (Å²) in [5.74, 6) is -0.795. The summed E-state index contributed by atoms with van der Waals surface area (Å²) in [6, 6.07) is 6.44. The zero-order chi connectivity index (χ0) is 12.6. The normalized spacial score (nSPS) is 15.1. The Bertz CT molecular complexity index is 490. The van der Waals surface area contributed by atoms with Gasteiger partial charge in [-0.05, 0) is 28.5 Å². The number of carboxylic acid groups (broad SMARTS) is 1. The molecule has 2 heteroatoms. The van der Waals surface area contributed by atoms with Crippen molar-refractivity contribution in [2.24, 2.45) is 0 Å². The first kappa shape index (κ1) is 11.9. The van der Waals surface area contributed by atoms with Gasteiger partial charge in [0.05, 0.1) is 0 Å². The van der Waals surface area contributed by atoms with Gasteiger partial charge in [0.2, 0.25) is 0 Å². The second-order valence-electron chi connectivity index (χ2n) is 5.65. The molecule has 1 aliphatic carbocycles. The minimum absolute atomic E-state index is 0.111. The maximum absolute atomic E-state index is 11.0. The van der Waals surface area contributed by atoms with Gasteiger partial charge in [0.15, 0.2) is 0 Å². The molecule has 1 aromatic carbocycles. The van der Waals surface area contributed by atoms with Gasteiger partial charge in [0.1, 0.15) is 0 Å². The molecule has 1 N–H and O–H groups in total. The Labute approximate surface area is 102 Å². The fourth-order valence-corrected chi connectivity index (χ4v) is 2.13. The Balaban J connectivity index is 2.36. The molecule has 0 amide bonds. The molecular weight excluding hydrogens is 212 g/mol. The Hall–Kier alpha value is -1.57. The van der Waals surface area contributed by atoms with E-state index in [1.165, 1.54) is 11.1 Å². The third-order valence-corrected chi connectivity index (χ3v) is 3.30. The number of carboxylic acids is 1. The van der Waals surface area contributed by atoms with Gasteiger partial charge in [-0.3, -0.25) is 0 Å². The molecule has 0 aromatic heterocycles. The Morgan fingerprint density at radius 2 is 1.94 bits per heavy atom. The van der Waals surface area contributed by atoms with E-state index in [9.17, 15) is 4.79 Å². The van der Waals surface area contributed by atoms with Crippen LogP contribution < -0.4 is 0 Å². The molecule has 1 aliphatic rings. The van der Waals surface area contributed by atoms with Gasteiger partial charge in [0.25, 0.3) is 0 Å². The van der Waals surface area contributed by atoms with E-state index in [0.29, 0.717) is 12.0 Å². The second-order valence-corrected chi connectivity index (χ2v) is 5.65. The number of benzene rings is 1. The summed E-state index contributed by atoms with van der Waals surface area (Å²) in [7, 11) is 0. The van der Waals surface area contributed by atoms with Gasteiger partial charge in [-0.2, -0.15) is 0 Å². The van der Waals surface area contributed by atoms with Crippen LogP contribution in [-0.4, -0.2) is 11.1 Å². The molecule has 0 unspecified atom stereocenters. The Kier molecular flexibility index (Phi) is 2.82. The quantitative estimate of drug-likeness (QED) is 0.805. The third kappa shape index (κ3) is 2.41. The van der Waals surface area contributed by atoms with Crippen LogP contribution in [-0.2, 0) is 23.1 Å². The lowest BCUT2D eigenvalue weighted by atomic mass is 9.82. The Morgan fingerprint density at radius 1 is 1.24 bits per heavy atom. The lowest BCUT2D eigenvalue weighted by Gasteiger charge is -2.23. The van der Waals surface area contributed by atoms with Crippen molar-refractivity contribution < 1.29 is 9.90 Å². The third-order valence-electron chi connectivity index (χ3n) is 3.30. The molecule has 0 aliphatic heterocycles. The maximum Gasteiger partial charge on any atom is 0.331 e. The summed E-state index contributed by atoms with van der Waals surface area (Å²) in [6.45, 7) is 6.52. The summed E-state index contributed by atoms with van der Waals surface area (Å²) in [5, 5.41) is 9.02. The molecule has 0 saturated heterocycles. The zero-order valence-electron chi connectivity index (χ0n) is 10.6. The molecule has 0 saturated carbocycles. The summed E-state index contributed by atoms with van der Waals surface area (Å²) >= 11 is 0. The monoisotopic (exact) mass is 230 g/mol. The molecular formula is C15H18O2. The minimum atomic E-state index is -0.795. The molecule has 2 rings (SSSR count). The molecule has 0 atom stereocenters. The molecule has 0 spiro atoms. The fraction of sp³-hybridized carbons (Fsp3) is 0.400. The molecule has 0 fully saturated rings. The van der Waals surface area contributed by atoms with Crippen molar-refractivity contribution in [3.63, 3.8) is 0 Å². The van der Waals surface area contributed by atoms with Crippen molar-refractivity contribution in [2.45, 2.75) is 39.0 Å². The van der Waals surface area contributed by atoms with E-state index < -0.39 is 5.97 Å². The summed E-state index contributed by atoms with van der Waals surface area (Å²) in [5.41, 5.74) is 4.31. The molecule has 0 bridgehead atoms. The van der Waals surface area contributed by atoms with Crippen LogP contribution in [0, 0.1) is 0 Å². The number of aliphatic carboxylic acids is 1. The summed E-state index contributed by atoms with van der Waals surface area (Å²) < 4.78 is 0. The van der Waals surface area contributed by atoms with Crippen LogP contribution in [0.3, 0.4) is 0 Å². The second kappa shape index (κ2) is 4.02. The molecule has 0 heterocycles. The van der Waals surface area contributed by atoms with Crippen molar-refractivity contribution in [3.8, 4) is 0 Å². The smallest absolute Gasteiger partial charge is 0.331 e. The van der Waals surface area contributed by atoms with Crippen molar-refractivity contribution in [1.82, 2.24) is 0 Å². The van der Waals surface area contributed by atoms with Crippen LogP contribution >= 0.6 is 0 Å². The molecule has 0 radical (unpaired) electrons. The van der Waals surface area contributed by atoms with E-state index in [0.717, 1.165) is 12.0 Å². The van der Waals surface area contributed by atoms with Gasteiger partial charge in [-0.25, -0.2) is 4.79 Å². The van der Waals surface area contributed by atoms with E-state index in [2.05, 4.69) is 39.0 Å². The van der Waals surface area contributed by atoms with Crippen molar-refractivity contribution in [3.05, 3.63) is 46.5 Å². The van der Waals surface area contributed by atoms with Crippen LogP contribution in [0.1, 0.15) is 37.5 Å². The highest BCUT2D eigenvalue weighted by molar-refractivity contribution is 5.87.